The number of carboxylic acid groups (broad SMARTS) is 1. The maximum Gasteiger partial charge on any atom is 0.356 e. The lowest BCUT2D eigenvalue weighted by Crippen LogP contribution is -2.25. The number of carboxylic acids is 1. The molecule has 1 rings (SSSR count). The van der Waals surface area contributed by atoms with Gasteiger partial charge in [0, 0.05) is 6.20 Å². The molecule has 1 aliphatic rings. The zero-order valence-corrected chi connectivity index (χ0v) is 6.10. The third kappa shape index (κ3) is 2.14. The second-order valence-electron chi connectivity index (χ2n) is 1.77. The average molecular weight is 158 g/mol. The largest absolute Gasteiger partial charge is 0.478 e. The van der Waals surface area contributed by atoms with Crippen LogP contribution in [0.25, 0.3) is 0 Å². The summed E-state index contributed by atoms with van der Waals surface area (Å²) in [5.74, 6) is -0.600. The van der Waals surface area contributed by atoms with Crippen LogP contribution >= 0.6 is 0 Å². The topological polar surface area (TPSA) is 49.3 Å². The van der Waals surface area contributed by atoms with Gasteiger partial charge in [-0.3, -0.25) is 0 Å². The fourth-order valence-corrected chi connectivity index (χ4v) is 1.64. The molecule has 0 amide bonds. The van der Waals surface area contributed by atoms with Crippen LogP contribution in [0.2, 0.25) is 0 Å². The van der Waals surface area contributed by atoms with Crippen LogP contribution < -0.4 is 4.72 Å². The number of aliphatic carboxylic acids is 1. The third-order valence-corrected chi connectivity index (χ3v) is 2.43. The number of hydrogen-bond acceptors (Lipinski definition) is 2. The first kappa shape index (κ1) is 7.21. The highest BCUT2D eigenvalue weighted by atomic mass is 32.2. The summed E-state index contributed by atoms with van der Waals surface area (Å²) < 4.78 is 2.93. The summed E-state index contributed by atoms with van der Waals surface area (Å²) in [6.45, 7) is 0. The van der Waals surface area contributed by atoms with E-state index in [1.165, 1.54) is 0 Å². The van der Waals surface area contributed by atoms with Gasteiger partial charge in [-0.1, -0.05) is 0 Å². The van der Waals surface area contributed by atoms with Crippen molar-refractivity contribution in [3.8, 4) is 0 Å². The van der Waals surface area contributed by atoms with Crippen LogP contribution in [0.4, 0.5) is 0 Å². The van der Waals surface area contributed by atoms with E-state index in [0.29, 0.717) is 0 Å². The predicted octanol–water partition coefficient (Wildman–Crippen LogP) is 0.235. The van der Waals surface area contributed by atoms with Gasteiger partial charge in [-0.2, -0.15) is 0 Å². The van der Waals surface area contributed by atoms with Gasteiger partial charge >= 0.3 is 5.97 Å². The number of carbonyl (C=O) groups is 1. The number of rotatable bonds is 2. The molecule has 0 fully saturated rings. The van der Waals surface area contributed by atoms with E-state index in [1.54, 1.807) is 6.20 Å². The number of allylic oxidation sites excluding steroid dienone is 2. The minimum absolute atomic E-state index is 0.167. The van der Waals surface area contributed by atoms with E-state index in [0.717, 1.165) is 0 Å². The molecule has 0 saturated heterocycles. The van der Waals surface area contributed by atoms with E-state index < -0.39 is 5.97 Å². The molecule has 0 aromatic carbocycles. The molecule has 10 heavy (non-hydrogen) atoms. The van der Waals surface area contributed by atoms with E-state index in [4.69, 9.17) is 5.11 Å². The quantitative estimate of drug-likeness (QED) is 0.566. The Balaban J connectivity index is 2.37. The van der Waals surface area contributed by atoms with Gasteiger partial charge in [0.05, 0.1) is 0 Å². The second kappa shape index (κ2) is 3.31. The first-order valence-corrected chi connectivity index (χ1v) is 4.26. The van der Waals surface area contributed by atoms with Crippen molar-refractivity contribution in [2.75, 3.05) is 5.75 Å². The highest BCUT2D eigenvalue weighted by Crippen LogP contribution is 1.98. The summed E-state index contributed by atoms with van der Waals surface area (Å²) in [5, 5.41) is 10.2. The summed E-state index contributed by atoms with van der Waals surface area (Å²) in [6, 6.07) is 0. The molecule has 1 unspecified atom stereocenters. The SMILES string of the molecule is O=C(O)C[S+]1C=CC=CN1. The average Bonchev–Trinajstić information content (AvgIpc) is 1.88. The van der Waals surface area contributed by atoms with Gasteiger partial charge in [0.25, 0.3) is 0 Å². The minimum atomic E-state index is -0.768. The molecule has 0 aromatic heterocycles. The van der Waals surface area contributed by atoms with Crippen molar-refractivity contribution < 1.29 is 9.90 Å². The van der Waals surface area contributed by atoms with Crippen LogP contribution in [0, 0.1) is 0 Å². The van der Waals surface area contributed by atoms with E-state index in [-0.39, 0.29) is 16.8 Å². The van der Waals surface area contributed by atoms with Crippen molar-refractivity contribution in [1.82, 2.24) is 4.72 Å². The van der Waals surface area contributed by atoms with Gasteiger partial charge in [-0.25, -0.2) is 9.52 Å². The van der Waals surface area contributed by atoms with Crippen LogP contribution in [0.3, 0.4) is 0 Å². The Labute approximate surface area is 61.9 Å². The van der Waals surface area contributed by atoms with Crippen LogP contribution in [-0.2, 0) is 15.9 Å². The zero-order valence-electron chi connectivity index (χ0n) is 5.28. The van der Waals surface area contributed by atoms with Crippen molar-refractivity contribution in [2.24, 2.45) is 0 Å². The molecule has 1 atom stereocenters. The van der Waals surface area contributed by atoms with Gasteiger partial charge in [-0.15, -0.1) is 0 Å². The highest BCUT2D eigenvalue weighted by molar-refractivity contribution is 7.98. The van der Waals surface area contributed by atoms with E-state index in [9.17, 15) is 4.79 Å². The number of nitrogens with one attached hydrogen (secondary N) is 1. The Morgan fingerprint density at radius 3 is 2.90 bits per heavy atom. The van der Waals surface area contributed by atoms with Gasteiger partial charge in [-0.05, 0) is 12.2 Å². The monoisotopic (exact) mass is 158 g/mol. The molecule has 0 spiro atoms. The first-order valence-electron chi connectivity index (χ1n) is 2.80. The molecule has 3 nitrogen and oxygen atoms in total. The fourth-order valence-electron chi connectivity index (χ4n) is 0.585. The van der Waals surface area contributed by atoms with E-state index >= 15 is 0 Å². The zero-order chi connectivity index (χ0) is 7.40. The summed E-state index contributed by atoms with van der Waals surface area (Å²) in [6.07, 6.45) is 5.44. The molecule has 1 heterocycles. The Hall–Kier alpha value is -0.900. The smallest absolute Gasteiger partial charge is 0.356 e. The number of hydrogen-bond donors (Lipinski definition) is 2. The summed E-state index contributed by atoms with van der Waals surface area (Å²) >= 11 is -0.292. The van der Waals surface area contributed by atoms with E-state index in [1.807, 2.05) is 17.6 Å². The molecular weight excluding hydrogens is 150 g/mol. The van der Waals surface area contributed by atoms with Crippen LogP contribution in [-0.4, -0.2) is 16.8 Å². The molecular formula is C6H8NO2S+. The standard InChI is InChI=1S/C6H7NO2S/c8-6(9)5-10-4-2-1-3-7-10/h1-4,7H,5H2/p+1. The van der Waals surface area contributed by atoms with Gasteiger partial charge in [0.15, 0.2) is 0 Å². The van der Waals surface area contributed by atoms with Crippen molar-refractivity contribution in [2.45, 2.75) is 0 Å². The molecule has 0 bridgehead atoms. The van der Waals surface area contributed by atoms with Crippen LogP contribution in [0.15, 0.2) is 23.8 Å². The Morgan fingerprint density at radius 2 is 2.40 bits per heavy atom. The van der Waals surface area contributed by atoms with Gasteiger partial charge in [0.1, 0.15) is 16.5 Å². The minimum Gasteiger partial charge on any atom is -0.478 e. The lowest BCUT2D eigenvalue weighted by atomic mass is 10.6. The maximum atomic E-state index is 10.2. The van der Waals surface area contributed by atoms with Crippen molar-refractivity contribution >= 4 is 17.1 Å². The Kier molecular flexibility index (Phi) is 2.39. The third-order valence-electron chi connectivity index (χ3n) is 0.949. The van der Waals surface area contributed by atoms with Gasteiger partial charge in [0.2, 0.25) is 5.75 Å². The van der Waals surface area contributed by atoms with Crippen molar-refractivity contribution in [3.05, 3.63) is 23.8 Å². The summed E-state index contributed by atoms with van der Waals surface area (Å²) in [4.78, 5) is 10.2. The van der Waals surface area contributed by atoms with E-state index in [2.05, 4.69) is 4.72 Å². The van der Waals surface area contributed by atoms with Crippen molar-refractivity contribution in [1.29, 1.82) is 0 Å². The highest BCUT2D eigenvalue weighted by Gasteiger charge is 2.18. The molecule has 2 N–H and O–H groups in total. The second-order valence-corrected chi connectivity index (χ2v) is 3.43. The molecule has 0 saturated carbocycles. The molecule has 1 aliphatic heterocycles. The van der Waals surface area contributed by atoms with Crippen LogP contribution in [0.5, 0.6) is 0 Å². The molecule has 54 valence electrons. The molecule has 4 heteroatoms. The molecule has 0 radical (unpaired) electrons. The lowest BCUT2D eigenvalue weighted by Gasteiger charge is -2.00. The first-order chi connectivity index (χ1) is 4.79. The normalized spacial score (nSPS) is 22.2. The fraction of sp³-hybridized carbons (Fsp3) is 0.167. The van der Waals surface area contributed by atoms with Crippen LogP contribution in [0.1, 0.15) is 0 Å². The molecule has 0 aromatic rings. The maximum absolute atomic E-state index is 10.2. The Bertz CT molecular complexity index is 188. The van der Waals surface area contributed by atoms with Crippen molar-refractivity contribution in [3.63, 3.8) is 0 Å². The predicted molar refractivity (Wildman–Crippen MR) is 41.3 cm³/mol. The Morgan fingerprint density at radius 1 is 1.60 bits per heavy atom. The lowest BCUT2D eigenvalue weighted by molar-refractivity contribution is -0.133. The van der Waals surface area contributed by atoms with Gasteiger partial charge < -0.3 is 5.11 Å². The molecule has 0 aliphatic carbocycles. The summed E-state index contributed by atoms with van der Waals surface area (Å²) in [7, 11) is 0. The summed E-state index contributed by atoms with van der Waals surface area (Å²) in [5.41, 5.74) is 0.